The smallest absolute Gasteiger partial charge is 0.550 e. The van der Waals surface area contributed by atoms with Crippen LogP contribution in [0.1, 0.15) is 110 Å². The average Bonchev–Trinajstić information content (AvgIpc) is 2.64. The van der Waals surface area contributed by atoms with E-state index in [-0.39, 0.29) is 29.6 Å². The molecule has 1 unspecified atom stereocenters. The molecule has 32 heavy (non-hydrogen) atoms. The first-order valence-corrected chi connectivity index (χ1v) is 11.1. The second-order valence-corrected chi connectivity index (χ2v) is 7.84. The van der Waals surface area contributed by atoms with Gasteiger partial charge in [0.2, 0.25) is 0 Å². The van der Waals surface area contributed by atoms with Gasteiger partial charge in [-0.2, -0.15) is 0 Å². The van der Waals surface area contributed by atoms with Crippen molar-refractivity contribution >= 4 is 23.9 Å². The Morgan fingerprint density at radius 1 is 0.656 bits per heavy atom. The van der Waals surface area contributed by atoms with Crippen molar-refractivity contribution in [3.05, 3.63) is 0 Å². The maximum atomic E-state index is 10.3. The van der Waals surface area contributed by atoms with Gasteiger partial charge in [0.05, 0.1) is 6.42 Å². The molecule has 182 valence electrons. The van der Waals surface area contributed by atoms with E-state index < -0.39 is 42.3 Å². The molecule has 0 fully saturated rings. The van der Waals surface area contributed by atoms with Crippen molar-refractivity contribution in [2.45, 2.75) is 115 Å². The van der Waals surface area contributed by atoms with Gasteiger partial charge in [0, 0.05) is 18.8 Å². The van der Waals surface area contributed by atoms with Crippen molar-refractivity contribution in [2.24, 2.45) is 0 Å². The molecule has 1 atom stereocenters. The van der Waals surface area contributed by atoms with Crippen molar-refractivity contribution in [1.82, 2.24) is 0 Å². The molecule has 0 bridgehead atoms. The summed E-state index contributed by atoms with van der Waals surface area (Å²) in [4.78, 5) is 40.6. The quantitative estimate of drug-likeness (QED) is 0.149. The monoisotopic (exact) mass is 470 g/mol. The van der Waals surface area contributed by atoms with Gasteiger partial charge in [0.15, 0.2) is 5.60 Å². The second kappa shape index (κ2) is 23.0. The molecule has 0 radical (unpaired) electrons. The Kier molecular flexibility index (Phi) is 25.5. The molecular formula is C22H39NaO9. The van der Waals surface area contributed by atoms with E-state index in [1.165, 1.54) is 70.6 Å². The van der Waals surface area contributed by atoms with Gasteiger partial charge in [-0.1, -0.05) is 84.0 Å². The molecule has 0 spiro atoms. The van der Waals surface area contributed by atoms with E-state index in [9.17, 15) is 24.3 Å². The van der Waals surface area contributed by atoms with Crippen molar-refractivity contribution in [2.75, 3.05) is 0 Å². The summed E-state index contributed by atoms with van der Waals surface area (Å²) in [5.41, 5.74) is -2.80. The minimum Gasteiger partial charge on any atom is -0.550 e. The molecule has 10 heteroatoms. The minimum absolute atomic E-state index is 0. The first-order valence-electron chi connectivity index (χ1n) is 11.1. The summed E-state index contributed by atoms with van der Waals surface area (Å²) in [6.45, 7) is 2.26. The molecule has 0 aliphatic heterocycles. The van der Waals surface area contributed by atoms with Crippen LogP contribution < -0.4 is 34.7 Å². The number of unbranched alkanes of at least 4 members (excludes halogenated alkanes) is 12. The Hall–Kier alpha value is -1.16. The molecule has 0 aromatic rings. The number of aliphatic carboxylic acids is 4. The van der Waals surface area contributed by atoms with Crippen LogP contribution in [0.4, 0.5) is 0 Å². The van der Waals surface area contributed by atoms with Crippen LogP contribution >= 0.6 is 0 Å². The SMILES string of the molecule is CCCCCCCCCCCCCCCC(=O)O.O=C([O-])CC(O)(CC(=O)O)C(=O)O.[Na+]. The second-order valence-electron chi connectivity index (χ2n) is 7.84. The average molecular weight is 471 g/mol. The van der Waals surface area contributed by atoms with Crippen LogP contribution in [0.3, 0.4) is 0 Å². The fourth-order valence-electron chi connectivity index (χ4n) is 3.00. The van der Waals surface area contributed by atoms with E-state index in [2.05, 4.69) is 6.92 Å². The molecule has 0 aromatic heterocycles. The summed E-state index contributed by atoms with van der Waals surface area (Å²) < 4.78 is 0. The fraction of sp³-hybridized carbons (Fsp3) is 0.818. The molecule has 0 heterocycles. The summed E-state index contributed by atoms with van der Waals surface area (Å²) in [5.74, 6) is -5.99. The molecule has 0 amide bonds. The number of carbonyl (C=O) groups excluding carboxylic acids is 1. The van der Waals surface area contributed by atoms with Crippen molar-refractivity contribution in [3.63, 3.8) is 0 Å². The zero-order chi connectivity index (χ0) is 24.1. The normalized spacial score (nSPS) is 11.9. The van der Waals surface area contributed by atoms with Crippen LogP contribution in [-0.4, -0.2) is 49.9 Å². The third-order valence-corrected chi connectivity index (χ3v) is 4.77. The summed E-state index contributed by atoms with van der Waals surface area (Å²) in [5, 5.41) is 44.0. The number of aliphatic hydroxyl groups is 1. The molecule has 0 aromatic carbocycles. The van der Waals surface area contributed by atoms with Gasteiger partial charge in [-0.15, -0.1) is 0 Å². The van der Waals surface area contributed by atoms with Gasteiger partial charge in [0.1, 0.15) is 0 Å². The van der Waals surface area contributed by atoms with Crippen molar-refractivity contribution in [1.29, 1.82) is 0 Å². The summed E-state index contributed by atoms with van der Waals surface area (Å²) >= 11 is 0. The third-order valence-electron chi connectivity index (χ3n) is 4.77. The molecule has 0 saturated heterocycles. The first kappa shape index (κ1) is 35.4. The van der Waals surface area contributed by atoms with E-state index in [1.807, 2.05) is 0 Å². The predicted molar refractivity (Wildman–Crippen MR) is 112 cm³/mol. The van der Waals surface area contributed by atoms with Crippen LogP contribution in [0.5, 0.6) is 0 Å². The maximum absolute atomic E-state index is 10.3. The van der Waals surface area contributed by atoms with Crippen LogP contribution in [0.25, 0.3) is 0 Å². The largest absolute Gasteiger partial charge is 1.00 e. The first-order chi connectivity index (χ1) is 14.5. The van der Waals surface area contributed by atoms with E-state index >= 15 is 0 Å². The van der Waals surface area contributed by atoms with Crippen molar-refractivity contribution < 1.29 is 74.3 Å². The molecule has 0 rings (SSSR count). The fourth-order valence-corrected chi connectivity index (χ4v) is 3.00. The van der Waals surface area contributed by atoms with Gasteiger partial charge in [0.25, 0.3) is 0 Å². The molecule has 4 N–H and O–H groups in total. The topological polar surface area (TPSA) is 172 Å². The molecular weight excluding hydrogens is 431 g/mol. The zero-order valence-corrected chi connectivity index (χ0v) is 21.6. The summed E-state index contributed by atoms with van der Waals surface area (Å²) in [6, 6.07) is 0. The van der Waals surface area contributed by atoms with E-state index in [1.54, 1.807) is 0 Å². The van der Waals surface area contributed by atoms with Crippen molar-refractivity contribution in [3.8, 4) is 0 Å². The van der Waals surface area contributed by atoms with Gasteiger partial charge in [-0.3, -0.25) is 9.59 Å². The van der Waals surface area contributed by atoms with Crippen LogP contribution in [0.15, 0.2) is 0 Å². The number of rotatable bonds is 19. The predicted octanol–water partition coefficient (Wildman–Crippen LogP) is -0.0269. The van der Waals surface area contributed by atoms with E-state index in [4.69, 9.17) is 20.4 Å². The number of hydrogen-bond acceptors (Lipinski definition) is 6. The Labute approximate surface area is 212 Å². The van der Waals surface area contributed by atoms with E-state index in [0.29, 0.717) is 6.42 Å². The molecule has 9 nitrogen and oxygen atoms in total. The minimum atomic E-state index is -2.80. The number of hydrogen-bond donors (Lipinski definition) is 4. The Balaban J connectivity index is -0.000000535. The number of carboxylic acids is 4. The summed E-state index contributed by atoms with van der Waals surface area (Å²) in [7, 11) is 0. The number of carbonyl (C=O) groups is 4. The molecule has 0 aliphatic carbocycles. The zero-order valence-electron chi connectivity index (χ0n) is 19.6. The Bertz CT molecular complexity index is 508. The van der Waals surface area contributed by atoms with Crippen LogP contribution in [-0.2, 0) is 19.2 Å². The number of carboxylic acid groups (broad SMARTS) is 4. The van der Waals surface area contributed by atoms with Gasteiger partial charge in [-0.25, -0.2) is 4.79 Å². The van der Waals surface area contributed by atoms with Crippen LogP contribution in [0, 0.1) is 0 Å². The summed E-state index contributed by atoms with van der Waals surface area (Å²) in [6.07, 6.45) is 14.8. The molecule has 0 saturated carbocycles. The van der Waals surface area contributed by atoms with Gasteiger partial charge in [-0.05, 0) is 6.42 Å². The maximum Gasteiger partial charge on any atom is 1.00 e. The van der Waals surface area contributed by atoms with Crippen LogP contribution in [0.2, 0.25) is 0 Å². The Morgan fingerprint density at radius 3 is 1.31 bits per heavy atom. The standard InChI is InChI=1S/C16H32O2.C6H8O7.Na/c1-2-3-4-5-6-7-8-9-10-11-12-13-14-15-16(17)18;7-3(8)1-6(13,5(11)12)2-4(9)10;/h2-15H2,1H3,(H,17,18);13H,1-2H2,(H,7,8)(H,9,10)(H,11,12);/q;;+1/p-1. The van der Waals surface area contributed by atoms with Gasteiger partial charge < -0.3 is 30.3 Å². The third kappa shape index (κ3) is 25.1. The molecule has 0 aliphatic rings. The van der Waals surface area contributed by atoms with E-state index in [0.717, 1.165) is 12.8 Å². The van der Waals surface area contributed by atoms with Gasteiger partial charge >= 0.3 is 47.5 Å². The Morgan fingerprint density at radius 2 is 1.03 bits per heavy atom.